The Hall–Kier alpha value is -3.96. The van der Waals surface area contributed by atoms with Gasteiger partial charge in [0.15, 0.2) is 0 Å². The predicted molar refractivity (Wildman–Crippen MR) is 214 cm³/mol. The summed E-state index contributed by atoms with van der Waals surface area (Å²) in [5.41, 5.74) is 7.73. The summed E-state index contributed by atoms with van der Waals surface area (Å²) in [4.78, 5) is 0. The monoisotopic (exact) mass is 746 g/mol. The molecule has 0 aliphatic carbocycles. The minimum absolute atomic E-state index is 0.169. The number of rotatable bonds is 20. The number of aromatic hydroxyl groups is 2. The van der Waals surface area contributed by atoms with Crippen LogP contribution in [0.5, 0.6) is 11.5 Å². The Morgan fingerprint density at radius 2 is 0.907 bits per heavy atom. The highest BCUT2D eigenvalue weighted by molar-refractivity contribution is 5.55. The Morgan fingerprint density at radius 3 is 1.24 bits per heavy atom. The van der Waals surface area contributed by atoms with Gasteiger partial charge in [0.05, 0.1) is 45.9 Å². The molecule has 54 heavy (non-hydrogen) atoms. The molecule has 0 heterocycles. The van der Waals surface area contributed by atoms with Gasteiger partial charge >= 0.3 is 0 Å². The summed E-state index contributed by atoms with van der Waals surface area (Å²) in [5.74, 6) is 0.338. The van der Waals surface area contributed by atoms with Gasteiger partial charge in [-0.1, -0.05) is 71.9 Å². The summed E-state index contributed by atoms with van der Waals surface area (Å²) < 4.78 is 32.7. The van der Waals surface area contributed by atoms with Crippen LogP contribution in [0.2, 0.25) is 0 Å². The average Bonchev–Trinajstić information content (AvgIpc) is 3.13. The largest absolute Gasteiger partial charge is 0.515 e. The number of benzene rings is 3. The van der Waals surface area contributed by atoms with Crippen molar-refractivity contribution in [3.63, 3.8) is 0 Å². The van der Waals surface area contributed by atoms with Gasteiger partial charge in [-0.05, 0) is 63.7 Å². The lowest BCUT2D eigenvalue weighted by atomic mass is 9.68. The summed E-state index contributed by atoms with van der Waals surface area (Å²) in [6.07, 6.45) is 7.04. The molecule has 296 valence electrons. The quantitative estimate of drug-likeness (QED) is 0.0771. The third kappa shape index (κ3) is 10.2. The van der Waals surface area contributed by atoms with Crippen molar-refractivity contribution in [1.29, 1.82) is 0 Å². The molecule has 0 aliphatic rings. The van der Waals surface area contributed by atoms with Gasteiger partial charge in [0.2, 0.25) is 0 Å². The fraction of sp³-hybridized carbons (Fsp3) is 0.467. The molecule has 0 aliphatic heterocycles. The van der Waals surface area contributed by atoms with Crippen LogP contribution < -0.4 is 0 Å². The number of aliphatic hydroxyl groups is 1. The molecule has 0 unspecified atom stereocenters. The van der Waals surface area contributed by atoms with Gasteiger partial charge in [-0.2, -0.15) is 0 Å². The van der Waals surface area contributed by atoms with Crippen molar-refractivity contribution >= 4 is 0 Å². The number of ether oxygens (including phenoxy) is 6. The van der Waals surface area contributed by atoms with E-state index in [1.54, 1.807) is 42.7 Å². The zero-order valence-corrected chi connectivity index (χ0v) is 34.4. The third-order valence-corrected chi connectivity index (χ3v) is 10.4. The van der Waals surface area contributed by atoms with Crippen molar-refractivity contribution < 1.29 is 43.7 Å². The molecular formula is C45H62O9. The SMILES string of the molecule is COC/C=C/C(=C\C(=C\O)COC)C(C)(C)c1cc(C(C)(C)c2cc(COC)c(O)c(COC)c2)cc(C(C)(C)c2cc(COC)c(O)c(COC)c2)c1. The molecule has 0 saturated carbocycles. The van der Waals surface area contributed by atoms with Crippen LogP contribution >= 0.6 is 0 Å². The molecule has 0 atom stereocenters. The van der Waals surface area contributed by atoms with E-state index >= 15 is 0 Å². The second-order valence-electron chi connectivity index (χ2n) is 15.3. The molecule has 0 spiro atoms. The average molecular weight is 747 g/mol. The number of aliphatic hydroxyl groups excluding tert-OH is 1. The highest BCUT2D eigenvalue weighted by Gasteiger charge is 2.34. The first-order chi connectivity index (χ1) is 25.6. The van der Waals surface area contributed by atoms with Crippen LogP contribution in [0.4, 0.5) is 0 Å². The van der Waals surface area contributed by atoms with Gasteiger partial charge in [0.1, 0.15) is 11.5 Å². The Labute approximate surface area is 322 Å². The van der Waals surface area contributed by atoms with Gasteiger partial charge < -0.3 is 43.7 Å². The third-order valence-electron chi connectivity index (χ3n) is 10.4. The van der Waals surface area contributed by atoms with Gasteiger partial charge in [0.25, 0.3) is 0 Å². The van der Waals surface area contributed by atoms with Gasteiger partial charge in [-0.15, -0.1) is 0 Å². The number of phenolic OH excluding ortho intramolecular Hbond substituents is 2. The molecular weight excluding hydrogens is 684 g/mol. The predicted octanol–water partition coefficient (Wildman–Crippen LogP) is 8.83. The normalized spacial score (nSPS) is 13.3. The molecule has 0 amide bonds. The van der Waals surface area contributed by atoms with E-state index in [1.165, 1.54) is 0 Å². The Bertz CT molecular complexity index is 1650. The lowest BCUT2D eigenvalue weighted by Crippen LogP contribution is -2.27. The minimum atomic E-state index is -0.585. The Morgan fingerprint density at radius 1 is 0.537 bits per heavy atom. The molecule has 0 aromatic heterocycles. The van der Waals surface area contributed by atoms with Gasteiger partial charge in [-0.25, -0.2) is 0 Å². The number of phenols is 2. The number of methoxy groups -OCH3 is 6. The van der Waals surface area contributed by atoms with Crippen LogP contribution in [-0.2, 0) is 71.1 Å². The highest BCUT2D eigenvalue weighted by atomic mass is 16.5. The first-order valence-electron chi connectivity index (χ1n) is 18.1. The van der Waals surface area contributed by atoms with Crippen LogP contribution in [0.15, 0.2) is 78.1 Å². The molecule has 3 N–H and O–H groups in total. The first-order valence-corrected chi connectivity index (χ1v) is 18.1. The van der Waals surface area contributed by atoms with Crippen LogP contribution in [0, 0.1) is 0 Å². The van der Waals surface area contributed by atoms with Crippen molar-refractivity contribution in [2.24, 2.45) is 0 Å². The number of hydrogen-bond acceptors (Lipinski definition) is 9. The molecule has 9 heteroatoms. The van der Waals surface area contributed by atoms with Crippen molar-refractivity contribution in [2.75, 3.05) is 55.9 Å². The van der Waals surface area contributed by atoms with Crippen molar-refractivity contribution in [3.8, 4) is 11.5 Å². The van der Waals surface area contributed by atoms with E-state index in [4.69, 9.17) is 28.4 Å². The van der Waals surface area contributed by atoms with E-state index in [2.05, 4.69) is 59.7 Å². The first kappa shape index (κ1) is 44.4. The molecule has 0 radical (unpaired) electrons. The fourth-order valence-corrected chi connectivity index (χ4v) is 6.70. The van der Waals surface area contributed by atoms with Gasteiger partial charge in [0, 0.05) is 86.7 Å². The number of allylic oxidation sites excluding steroid dienone is 2. The summed E-state index contributed by atoms with van der Waals surface area (Å²) in [6.45, 7) is 14.7. The standard InChI is InChI=1S/C45H62O9/c1-43(2,35(14-13-15-49-7)16-30(24-46)25-50-8)38-21-39(44(3,4)36-17-31(26-51-9)41(47)32(18-36)27-52-10)23-40(22-38)45(5,6)37-19-33(28-53-11)42(48)34(20-37)29-54-12/h13-14,16-24,46-48H,15,25-29H2,1-12H3/b14-13+,30-24-,35-16+. The van der Waals surface area contributed by atoms with Crippen molar-refractivity contribution in [1.82, 2.24) is 0 Å². The molecule has 0 fully saturated rings. The van der Waals surface area contributed by atoms with Gasteiger partial charge in [-0.3, -0.25) is 0 Å². The van der Waals surface area contributed by atoms with Crippen LogP contribution in [0.3, 0.4) is 0 Å². The van der Waals surface area contributed by atoms with E-state index in [0.29, 0.717) is 34.4 Å². The maximum absolute atomic E-state index is 11.1. The lowest BCUT2D eigenvalue weighted by Gasteiger charge is -2.36. The fourth-order valence-electron chi connectivity index (χ4n) is 6.70. The van der Waals surface area contributed by atoms with E-state index < -0.39 is 16.2 Å². The topological polar surface area (TPSA) is 116 Å². The Kier molecular flexibility index (Phi) is 16.1. The van der Waals surface area contributed by atoms with E-state index in [-0.39, 0.29) is 44.5 Å². The second kappa shape index (κ2) is 19.6. The molecule has 9 nitrogen and oxygen atoms in total. The smallest absolute Gasteiger partial charge is 0.126 e. The maximum atomic E-state index is 11.1. The summed E-state index contributed by atoms with van der Waals surface area (Å²) in [7, 11) is 9.71. The summed E-state index contributed by atoms with van der Waals surface area (Å²) >= 11 is 0. The van der Waals surface area contributed by atoms with Crippen LogP contribution in [0.25, 0.3) is 0 Å². The summed E-state index contributed by atoms with van der Waals surface area (Å²) in [5, 5.41) is 32.4. The molecule has 3 aromatic carbocycles. The zero-order valence-electron chi connectivity index (χ0n) is 34.4. The summed E-state index contributed by atoms with van der Waals surface area (Å²) in [6, 6.07) is 14.8. The Balaban J connectivity index is 2.48. The minimum Gasteiger partial charge on any atom is -0.515 e. The highest BCUT2D eigenvalue weighted by Crippen LogP contribution is 2.44. The molecule has 3 rings (SSSR count). The van der Waals surface area contributed by atoms with Crippen LogP contribution in [0.1, 0.15) is 91.6 Å². The van der Waals surface area contributed by atoms with E-state index in [9.17, 15) is 15.3 Å². The van der Waals surface area contributed by atoms with Crippen molar-refractivity contribution in [2.45, 2.75) is 84.2 Å². The number of hydrogen-bond donors (Lipinski definition) is 3. The van der Waals surface area contributed by atoms with E-state index in [1.807, 2.05) is 42.5 Å². The van der Waals surface area contributed by atoms with E-state index in [0.717, 1.165) is 39.7 Å². The van der Waals surface area contributed by atoms with Crippen LogP contribution in [-0.4, -0.2) is 71.2 Å². The molecule has 0 saturated heterocycles. The van der Waals surface area contributed by atoms with Crippen molar-refractivity contribution in [3.05, 3.63) is 128 Å². The second-order valence-corrected chi connectivity index (χ2v) is 15.3. The molecule has 3 aromatic rings. The molecule has 0 bridgehead atoms. The maximum Gasteiger partial charge on any atom is 0.126 e. The lowest BCUT2D eigenvalue weighted by molar-refractivity contribution is 0.174. The zero-order chi connectivity index (χ0) is 40.3.